The molecule has 0 spiro atoms. The second-order valence-corrected chi connectivity index (χ2v) is 3.80. The molecule has 1 aromatic rings. The number of rotatable bonds is 6. The Balaban J connectivity index is 2.23. The average molecular weight is 230 g/mol. The molecule has 0 amide bonds. The lowest BCUT2D eigenvalue weighted by molar-refractivity contribution is -0.136. The molecular formula is C15H18O2. The molecule has 2 heteroatoms. The number of hydrogen-bond donors (Lipinski definition) is 0. The molecule has 1 rings (SSSR count). The van der Waals surface area contributed by atoms with E-state index in [0.717, 1.165) is 12.8 Å². The number of benzene rings is 1. The van der Waals surface area contributed by atoms with Crippen molar-refractivity contribution in [3.05, 3.63) is 54.1 Å². The lowest BCUT2D eigenvalue weighted by Crippen LogP contribution is -2.02. The van der Waals surface area contributed by atoms with Gasteiger partial charge in [0.25, 0.3) is 0 Å². The number of unbranched alkanes of at least 4 members (excludes halogenated alkanes) is 1. The first-order valence-electron chi connectivity index (χ1n) is 5.71. The summed E-state index contributed by atoms with van der Waals surface area (Å²) in [5.74, 6) is -0.308. The standard InChI is InChI=1S/C15H18O2/c1-13(15(16)17-2)9-5-3-6-10-14-11-7-4-8-12-14/h4,6-8,10-12H,1,3,5,9H2,2H3/b10-6-. The molecule has 0 unspecified atom stereocenters. The van der Waals surface area contributed by atoms with Gasteiger partial charge in [0.1, 0.15) is 0 Å². The van der Waals surface area contributed by atoms with Gasteiger partial charge in [-0.2, -0.15) is 0 Å². The van der Waals surface area contributed by atoms with Crippen LogP contribution in [0, 0.1) is 0 Å². The van der Waals surface area contributed by atoms with Crippen molar-refractivity contribution in [1.29, 1.82) is 0 Å². The molecular weight excluding hydrogens is 212 g/mol. The van der Waals surface area contributed by atoms with Crippen LogP contribution in [-0.4, -0.2) is 13.1 Å². The number of hydrogen-bond acceptors (Lipinski definition) is 2. The summed E-state index contributed by atoms with van der Waals surface area (Å²) in [4.78, 5) is 11.1. The third kappa shape index (κ3) is 5.16. The summed E-state index contributed by atoms with van der Waals surface area (Å²) in [5, 5.41) is 0. The molecule has 0 aromatic heterocycles. The highest BCUT2D eigenvalue weighted by atomic mass is 16.5. The van der Waals surface area contributed by atoms with Gasteiger partial charge in [-0.05, 0) is 24.8 Å². The topological polar surface area (TPSA) is 26.3 Å². The molecule has 0 radical (unpaired) electrons. The highest BCUT2D eigenvalue weighted by Gasteiger charge is 2.04. The first kappa shape index (κ1) is 13.2. The zero-order chi connectivity index (χ0) is 12.5. The van der Waals surface area contributed by atoms with E-state index in [0.29, 0.717) is 12.0 Å². The minimum absolute atomic E-state index is 0.308. The number of carbonyl (C=O) groups excluding carboxylic acids is 1. The maximum absolute atomic E-state index is 11.1. The Bertz CT molecular complexity index is 391. The summed E-state index contributed by atoms with van der Waals surface area (Å²) in [6.07, 6.45) is 6.73. The van der Waals surface area contributed by atoms with Crippen LogP contribution in [0.1, 0.15) is 24.8 Å². The van der Waals surface area contributed by atoms with E-state index in [1.54, 1.807) is 0 Å². The maximum atomic E-state index is 11.1. The van der Waals surface area contributed by atoms with Crippen molar-refractivity contribution in [2.45, 2.75) is 19.3 Å². The second-order valence-electron chi connectivity index (χ2n) is 3.80. The quantitative estimate of drug-likeness (QED) is 0.424. The summed E-state index contributed by atoms with van der Waals surface area (Å²) in [6, 6.07) is 10.1. The van der Waals surface area contributed by atoms with Gasteiger partial charge in [0.05, 0.1) is 7.11 Å². The Hall–Kier alpha value is -1.83. The summed E-state index contributed by atoms with van der Waals surface area (Å²) < 4.78 is 4.58. The van der Waals surface area contributed by atoms with Gasteiger partial charge >= 0.3 is 5.97 Å². The van der Waals surface area contributed by atoms with Gasteiger partial charge in [-0.1, -0.05) is 49.1 Å². The normalized spacial score (nSPS) is 10.4. The molecule has 90 valence electrons. The largest absolute Gasteiger partial charge is 0.466 e. The number of ether oxygens (including phenoxy) is 1. The van der Waals surface area contributed by atoms with Gasteiger partial charge in [-0.15, -0.1) is 0 Å². The molecule has 0 heterocycles. The molecule has 0 bridgehead atoms. The van der Waals surface area contributed by atoms with Crippen molar-refractivity contribution >= 4 is 12.0 Å². The van der Waals surface area contributed by atoms with Crippen molar-refractivity contribution in [3.8, 4) is 0 Å². The molecule has 2 nitrogen and oxygen atoms in total. The number of methoxy groups -OCH3 is 1. The monoisotopic (exact) mass is 230 g/mol. The zero-order valence-electron chi connectivity index (χ0n) is 10.2. The Morgan fingerprint density at radius 3 is 2.71 bits per heavy atom. The van der Waals surface area contributed by atoms with Crippen LogP contribution in [0.2, 0.25) is 0 Å². The molecule has 0 fully saturated rings. The summed E-state index contributed by atoms with van der Waals surface area (Å²) >= 11 is 0. The van der Waals surface area contributed by atoms with Gasteiger partial charge < -0.3 is 4.74 Å². The Kier molecular flexibility index (Phi) is 5.80. The van der Waals surface area contributed by atoms with Crippen LogP contribution in [0.5, 0.6) is 0 Å². The van der Waals surface area contributed by atoms with Crippen LogP contribution >= 0.6 is 0 Å². The predicted molar refractivity (Wildman–Crippen MR) is 70.5 cm³/mol. The zero-order valence-corrected chi connectivity index (χ0v) is 10.2. The Morgan fingerprint density at radius 2 is 2.06 bits per heavy atom. The van der Waals surface area contributed by atoms with Crippen molar-refractivity contribution in [2.24, 2.45) is 0 Å². The van der Waals surface area contributed by atoms with Crippen molar-refractivity contribution < 1.29 is 9.53 Å². The van der Waals surface area contributed by atoms with E-state index in [2.05, 4.69) is 35.6 Å². The van der Waals surface area contributed by atoms with Gasteiger partial charge in [-0.3, -0.25) is 0 Å². The minimum Gasteiger partial charge on any atom is -0.466 e. The lowest BCUT2D eigenvalue weighted by Gasteiger charge is -2.01. The molecule has 1 aromatic carbocycles. The fourth-order valence-corrected chi connectivity index (χ4v) is 1.46. The number of esters is 1. The highest BCUT2D eigenvalue weighted by molar-refractivity contribution is 5.87. The van der Waals surface area contributed by atoms with E-state index < -0.39 is 0 Å². The van der Waals surface area contributed by atoms with Crippen LogP contribution in [0.25, 0.3) is 6.08 Å². The third-order valence-electron chi connectivity index (χ3n) is 2.43. The van der Waals surface area contributed by atoms with Gasteiger partial charge in [0.15, 0.2) is 0 Å². The second kappa shape index (κ2) is 7.44. The molecule has 0 aliphatic rings. The van der Waals surface area contributed by atoms with Gasteiger partial charge in [0.2, 0.25) is 0 Å². The smallest absolute Gasteiger partial charge is 0.333 e. The van der Waals surface area contributed by atoms with Crippen LogP contribution < -0.4 is 0 Å². The molecule has 0 saturated carbocycles. The van der Waals surface area contributed by atoms with Gasteiger partial charge in [-0.25, -0.2) is 4.79 Å². The summed E-state index contributed by atoms with van der Waals surface area (Å²) in [6.45, 7) is 3.68. The average Bonchev–Trinajstić information content (AvgIpc) is 2.38. The first-order valence-corrected chi connectivity index (χ1v) is 5.71. The fraction of sp³-hybridized carbons (Fsp3) is 0.267. The molecule has 0 atom stereocenters. The van der Waals surface area contributed by atoms with E-state index in [1.807, 2.05) is 18.2 Å². The van der Waals surface area contributed by atoms with Crippen LogP contribution in [-0.2, 0) is 9.53 Å². The molecule has 0 aliphatic heterocycles. The van der Waals surface area contributed by atoms with Crippen LogP contribution in [0.15, 0.2) is 48.6 Å². The summed E-state index contributed by atoms with van der Waals surface area (Å²) in [5.41, 5.74) is 1.74. The van der Waals surface area contributed by atoms with E-state index in [9.17, 15) is 4.79 Å². The molecule has 17 heavy (non-hydrogen) atoms. The number of allylic oxidation sites excluding steroid dienone is 1. The maximum Gasteiger partial charge on any atom is 0.333 e. The van der Waals surface area contributed by atoms with E-state index in [-0.39, 0.29) is 5.97 Å². The van der Waals surface area contributed by atoms with Crippen LogP contribution in [0.3, 0.4) is 0 Å². The van der Waals surface area contributed by atoms with Crippen LogP contribution in [0.4, 0.5) is 0 Å². The van der Waals surface area contributed by atoms with E-state index in [1.165, 1.54) is 12.7 Å². The highest BCUT2D eigenvalue weighted by Crippen LogP contribution is 2.09. The number of carbonyl (C=O) groups is 1. The molecule has 0 aliphatic carbocycles. The van der Waals surface area contributed by atoms with Crippen molar-refractivity contribution in [1.82, 2.24) is 0 Å². The fourth-order valence-electron chi connectivity index (χ4n) is 1.46. The van der Waals surface area contributed by atoms with Crippen molar-refractivity contribution in [3.63, 3.8) is 0 Å². The Labute approximate surface area is 103 Å². The first-order chi connectivity index (χ1) is 8.24. The SMILES string of the molecule is C=C(CCC/C=C\c1ccccc1)C(=O)OC. The van der Waals surface area contributed by atoms with E-state index >= 15 is 0 Å². The Morgan fingerprint density at radius 1 is 1.35 bits per heavy atom. The predicted octanol–water partition coefficient (Wildman–Crippen LogP) is 3.60. The summed E-state index contributed by atoms with van der Waals surface area (Å²) in [7, 11) is 1.38. The molecule has 0 N–H and O–H groups in total. The minimum atomic E-state index is -0.308. The van der Waals surface area contributed by atoms with Crippen molar-refractivity contribution in [2.75, 3.05) is 7.11 Å². The third-order valence-corrected chi connectivity index (χ3v) is 2.43. The molecule has 0 saturated heterocycles. The van der Waals surface area contributed by atoms with E-state index in [4.69, 9.17) is 0 Å². The van der Waals surface area contributed by atoms with Gasteiger partial charge in [0, 0.05) is 5.57 Å². The lowest BCUT2D eigenvalue weighted by atomic mass is 10.1.